The van der Waals surface area contributed by atoms with Crippen molar-refractivity contribution in [2.45, 2.75) is 18.9 Å². The van der Waals surface area contributed by atoms with E-state index in [9.17, 15) is 0 Å². The number of hydrogen-bond donors (Lipinski definition) is 0. The van der Waals surface area contributed by atoms with E-state index in [1.807, 2.05) is 0 Å². The Balaban J connectivity index is 2.06. The Bertz CT molecular complexity index is 338. The fraction of sp³-hybridized carbons (Fsp3) is 0.429. The third-order valence-corrected chi connectivity index (χ3v) is 3.44. The van der Waals surface area contributed by atoms with Crippen LogP contribution < -0.4 is 0 Å². The third kappa shape index (κ3) is 2.48. The Kier molecular flexibility index (Phi) is 2.92. The molecule has 1 aromatic rings. The van der Waals surface area contributed by atoms with Crippen molar-refractivity contribution in [3.63, 3.8) is 0 Å². The maximum absolute atomic E-state index is 2.38. The molecule has 0 amide bonds. The van der Waals surface area contributed by atoms with Crippen LogP contribution in [0.25, 0.3) is 6.08 Å². The quantitative estimate of drug-likeness (QED) is 0.647. The highest BCUT2D eigenvalue weighted by Crippen LogP contribution is 2.23. The Morgan fingerprint density at radius 2 is 1.93 bits per heavy atom. The number of nitrogens with zero attached hydrogens (tertiary/aromatic N) is 1. The van der Waals surface area contributed by atoms with Crippen LogP contribution in [0, 0.1) is 0 Å². The van der Waals surface area contributed by atoms with Crippen molar-refractivity contribution in [2.24, 2.45) is 0 Å². The van der Waals surface area contributed by atoms with Crippen LogP contribution in [0.5, 0.6) is 0 Å². The number of likely N-dealkylation sites (tertiary alicyclic amines) is 1. The molecule has 0 radical (unpaired) electrons. The summed E-state index contributed by atoms with van der Waals surface area (Å²) < 4.78 is 1.14. The van der Waals surface area contributed by atoms with E-state index in [4.69, 9.17) is 0 Å². The Morgan fingerprint density at radius 3 is 2.53 bits per heavy atom. The SMILES string of the molecule is C[N+]1(C)CCCC1C=Cc1ccccc1. The number of likely N-dealkylation sites (N-methyl/N-ethyl adjacent to an activating group) is 1. The highest BCUT2D eigenvalue weighted by molar-refractivity contribution is 5.49. The molecule has 1 fully saturated rings. The molecule has 1 aromatic carbocycles. The highest BCUT2D eigenvalue weighted by atomic mass is 15.3. The number of benzene rings is 1. The van der Waals surface area contributed by atoms with E-state index >= 15 is 0 Å². The minimum atomic E-state index is 0.699. The second-order valence-corrected chi connectivity index (χ2v) is 4.98. The van der Waals surface area contributed by atoms with E-state index in [2.05, 4.69) is 56.6 Å². The zero-order valence-electron chi connectivity index (χ0n) is 9.69. The first-order valence-corrected chi connectivity index (χ1v) is 5.74. The van der Waals surface area contributed by atoms with Gasteiger partial charge in [-0.15, -0.1) is 0 Å². The second kappa shape index (κ2) is 4.19. The molecule has 1 nitrogen and oxygen atoms in total. The average Bonchev–Trinajstić information content (AvgIpc) is 2.56. The van der Waals surface area contributed by atoms with Gasteiger partial charge in [0, 0.05) is 12.8 Å². The highest BCUT2D eigenvalue weighted by Gasteiger charge is 2.31. The lowest BCUT2D eigenvalue weighted by molar-refractivity contribution is -0.895. The van der Waals surface area contributed by atoms with E-state index in [0.717, 1.165) is 4.48 Å². The molecule has 0 aliphatic carbocycles. The molecule has 0 spiro atoms. The number of rotatable bonds is 2. The lowest BCUT2D eigenvalue weighted by atomic mass is 10.1. The van der Waals surface area contributed by atoms with Crippen molar-refractivity contribution in [2.75, 3.05) is 20.6 Å². The molecule has 1 aliphatic heterocycles. The average molecular weight is 202 g/mol. The smallest absolute Gasteiger partial charge is 0.108 e. The van der Waals surface area contributed by atoms with Gasteiger partial charge in [-0.2, -0.15) is 0 Å². The first kappa shape index (κ1) is 10.4. The Morgan fingerprint density at radius 1 is 1.20 bits per heavy atom. The van der Waals surface area contributed by atoms with Gasteiger partial charge in [-0.3, -0.25) is 0 Å². The molecule has 0 bridgehead atoms. The molecule has 1 unspecified atom stereocenters. The van der Waals surface area contributed by atoms with Crippen LogP contribution in [-0.4, -0.2) is 31.2 Å². The van der Waals surface area contributed by atoms with Gasteiger partial charge in [-0.1, -0.05) is 36.4 Å². The van der Waals surface area contributed by atoms with Gasteiger partial charge in [0.2, 0.25) is 0 Å². The summed E-state index contributed by atoms with van der Waals surface area (Å²) in [5.74, 6) is 0. The van der Waals surface area contributed by atoms with Gasteiger partial charge in [0.15, 0.2) is 0 Å². The van der Waals surface area contributed by atoms with E-state index in [1.165, 1.54) is 24.9 Å². The van der Waals surface area contributed by atoms with Crippen molar-refractivity contribution >= 4 is 6.08 Å². The molecule has 0 N–H and O–H groups in total. The lowest BCUT2D eigenvalue weighted by Crippen LogP contribution is -2.42. The largest absolute Gasteiger partial charge is 0.323 e. The predicted molar refractivity (Wildman–Crippen MR) is 65.5 cm³/mol. The van der Waals surface area contributed by atoms with Crippen LogP contribution in [0.2, 0.25) is 0 Å². The van der Waals surface area contributed by atoms with Gasteiger partial charge in [0.25, 0.3) is 0 Å². The van der Waals surface area contributed by atoms with Gasteiger partial charge in [0.05, 0.1) is 20.6 Å². The van der Waals surface area contributed by atoms with Crippen molar-refractivity contribution in [3.05, 3.63) is 42.0 Å². The summed E-state index contributed by atoms with van der Waals surface area (Å²) in [7, 11) is 4.65. The van der Waals surface area contributed by atoms with Crippen LogP contribution in [0.1, 0.15) is 18.4 Å². The van der Waals surface area contributed by atoms with Crippen molar-refractivity contribution < 1.29 is 4.48 Å². The molecule has 1 atom stereocenters. The maximum Gasteiger partial charge on any atom is 0.108 e. The van der Waals surface area contributed by atoms with Gasteiger partial charge in [-0.05, 0) is 11.6 Å². The Labute approximate surface area is 92.6 Å². The molecule has 1 aliphatic rings. The first-order chi connectivity index (χ1) is 7.18. The standard InChI is InChI=1S/C14H20N/c1-15(2)12-6-9-14(15)11-10-13-7-4-3-5-8-13/h3-5,7-8,10-11,14H,6,9,12H2,1-2H3/q+1. The molecule has 2 rings (SSSR count). The van der Waals surface area contributed by atoms with Crippen LogP contribution in [-0.2, 0) is 0 Å². The van der Waals surface area contributed by atoms with Crippen LogP contribution in [0.3, 0.4) is 0 Å². The number of quaternary nitrogens is 1. The normalized spacial score (nSPS) is 24.8. The lowest BCUT2D eigenvalue weighted by Gasteiger charge is -2.29. The topological polar surface area (TPSA) is 0 Å². The predicted octanol–water partition coefficient (Wildman–Crippen LogP) is 2.94. The molecular formula is C14H20N+. The molecule has 80 valence electrons. The molecule has 1 saturated heterocycles. The third-order valence-electron chi connectivity index (χ3n) is 3.44. The zero-order valence-corrected chi connectivity index (χ0v) is 9.69. The summed E-state index contributed by atoms with van der Waals surface area (Å²) in [6.45, 7) is 1.31. The van der Waals surface area contributed by atoms with Crippen molar-refractivity contribution in [1.29, 1.82) is 0 Å². The van der Waals surface area contributed by atoms with E-state index in [0.29, 0.717) is 6.04 Å². The zero-order chi connectivity index (χ0) is 10.7. The van der Waals surface area contributed by atoms with Gasteiger partial charge in [0.1, 0.15) is 6.04 Å². The summed E-state index contributed by atoms with van der Waals surface area (Å²) in [5.41, 5.74) is 1.31. The number of hydrogen-bond acceptors (Lipinski definition) is 0. The second-order valence-electron chi connectivity index (χ2n) is 4.98. The molecular weight excluding hydrogens is 182 g/mol. The van der Waals surface area contributed by atoms with E-state index in [1.54, 1.807) is 0 Å². The van der Waals surface area contributed by atoms with Crippen LogP contribution in [0.4, 0.5) is 0 Å². The molecule has 15 heavy (non-hydrogen) atoms. The molecule has 1 heteroatoms. The summed E-state index contributed by atoms with van der Waals surface area (Å²) in [4.78, 5) is 0. The fourth-order valence-electron chi connectivity index (χ4n) is 2.34. The summed E-state index contributed by atoms with van der Waals surface area (Å²) in [5, 5.41) is 0. The summed E-state index contributed by atoms with van der Waals surface area (Å²) >= 11 is 0. The first-order valence-electron chi connectivity index (χ1n) is 5.74. The van der Waals surface area contributed by atoms with Crippen LogP contribution >= 0.6 is 0 Å². The van der Waals surface area contributed by atoms with Crippen molar-refractivity contribution in [1.82, 2.24) is 0 Å². The van der Waals surface area contributed by atoms with Gasteiger partial charge in [-0.25, -0.2) is 0 Å². The molecule has 0 saturated carbocycles. The molecule has 1 heterocycles. The monoisotopic (exact) mass is 202 g/mol. The summed E-state index contributed by atoms with van der Waals surface area (Å²) in [6, 6.07) is 11.3. The van der Waals surface area contributed by atoms with Gasteiger partial charge < -0.3 is 4.48 Å². The fourth-order valence-corrected chi connectivity index (χ4v) is 2.34. The minimum absolute atomic E-state index is 0.699. The maximum atomic E-state index is 2.38. The van der Waals surface area contributed by atoms with E-state index < -0.39 is 0 Å². The summed E-state index contributed by atoms with van der Waals surface area (Å²) in [6.07, 6.45) is 7.32. The minimum Gasteiger partial charge on any atom is -0.323 e. The molecule has 0 aromatic heterocycles. The Hall–Kier alpha value is -1.08. The van der Waals surface area contributed by atoms with Crippen LogP contribution in [0.15, 0.2) is 36.4 Å². The van der Waals surface area contributed by atoms with Gasteiger partial charge >= 0.3 is 0 Å². The van der Waals surface area contributed by atoms with E-state index in [-0.39, 0.29) is 0 Å². The van der Waals surface area contributed by atoms with Crippen molar-refractivity contribution in [3.8, 4) is 0 Å².